The molecule has 12 heavy (non-hydrogen) atoms. The zero-order valence-electron chi connectivity index (χ0n) is 7.13. The van der Waals surface area contributed by atoms with Crippen molar-refractivity contribution in [3.63, 3.8) is 0 Å². The van der Waals surface area contributed by atoms with Crippen molar-refractivity contribution in [2.24, 2.45) is 0 Å². The first-order valence-corrected chi connectivity index (χ1v) is 4.43. The van der Waals surface area contributed by atoms with E-state index in [1.54, 1.807) is 7.11 Å². The van der Waals surface area contributed by atoms with Crippen LogP contribution in [0.3, 0.4) is 0 Å². The normalized spacial score (nSPS) is 9.42. The van der Waals surface area contributed by atoms with Gasteiger partial charge in [-0.05, 0) is 6.92 Å². The number of nitrogens with zero attached hydrogens (tertiary/aromatic N) is 2. The van der Waals surface area contributed by atoms with Gasteiger partial charge in [-0.25, -0.2) is 11.6 Å². The maximum Gasteiger partial charge on any atom is 0.273 e. The minimum Gasteiger partial charge on any atom is -0.473 e. The van der Waals surface area contributed by atoms with E-state index in [1.807, 2.05) is 6.92 Å². The van der Waals surface area contributed by atoms with Crippen LogP contribution in [0.4, 0.5) is 0 Å². The molecule has 0 aromatic carbocycles. The summed E-state index contributed by atoms with van der Waals surface area (Å²) in [6.07, 6.45) is 0.788. The summed E-state index contributed by atoms with van der Waals surface area (Å²) >= 11 is 1.52. The van der Waals surface area contributed by atoms with Gasteiger partial charge in [0.15, 0.2) is 0 Å². The number of hydrogen-bond acceptors (Lipinski definition) is 3. The summed E-state index contributed by atoms with van der Waals surface area (Å²) in [4.78, 5) is 8.63. The molecule has 0 aliphatic rings. The van der Waals surface area contributed by atoms with Gasteiger partial charge in [-0.15, -0.1) is 0 Å². The highest BCUT2D eigenvalue weighted by atomic mass is 32.1. The molecule has 3 nitrogen and oxygen atoms in total. The van der Waals surface area contributed by atoms with Crippen LogP contribution in [-0.4, -0.2) is 18.6 Å². The molecular formula is C8H10N2OS. The molecule has 0 atom stereocenters. The predicted octanol–water partition coefficient (Wildman–Crippen LogP) is 1.92. The molecule has 0 aliphatic heterocycles. The largest absolute Gasteiger partial charge is 0.473 e. The second-order valence-electron chi connectivity index (χ2n) is 2.32. The zero-order valence-corrected chi connectivity index (χ0v) is 7.94. The van der Waals surface area contributed by atoms with Crippen molar-refractivity contribution in [3.05, 3.63) is 22.0 Å². The Hall–Kier alpha value is -1.08. The lowest BCUT2D eigenvalue weighted by atomic mass is 10.3. The van der Waals surface area contributed by atoms with Gasteiger partial charge in [-0.1, -0.05) is 11.3 Å². The van der Waals surface area contributed by atoms with Crippen molar-refractivity contribution >= 4 is 11.3 Å². The van der Waals surface area contributed by atoms with Crippen LogP contribution in [0.15, 0.2) is 0 Å². The van der Waals surface area contributed by atoms with Gasteiger partial charge < -0.3 is 9.58 Å². The molecule has 1 aromatic heterocycles. The third-order valence-electron chi connectivity index (χ3n) is 1.50. The summed E-state index contributed by atoms with van der Waals surface area (Å²) in [7, 11) is 1.61. The molecule has 0 aliphatic carbocycles. The van der Waals surface area contributed by atoms with E-state index in [1.165, 1.54) is 11.3 Å². The van der Waals surface area contributed by atoms with Crippen molar-refractivity contribution in [3.8, 4) is 5.19 Å². The smallest absolute Gasteiger partial charge is 0.273 e. The number of aromatic nitrogens is 1. The Morgan fingerprint density at radius 1 is 1.67 bits per heavy atom. The molecule has 0 N–H and O–H groups in total. The highest BCUT2D eigenvalue weighted by Crippen LogP contribution is 2.24. The standard InChI is InChI=1S/C8H10N2OS/c1-6-7(4-5-9-2)12-8(10-6)11-3/h4-5H2,1,3H3. The molecule has 1 rings (SSSR count). The Morgan fingerprint density at radius 2 is 2.42 bits per heavy atom. The van der Waals surface area contributed by atoms with E-state index >= 15 is 0 Å². The molecule has 1 aromatic rings. The number of ether oxygens (including phenoxy) is 1. The molecule has 0 saturated carbocycles. The maximum atomic E-state index is 6.65. The molecule has 0 fully saturated rings. The van der Waals surface area contributed by atoms with Crippen molar-refractivity contribution in [1.82, 2.24) is 4.98 Å². The predicted molar refractivity (Wildman–Crippen MR) is 48.6 cm³/mol. The molecule has 0 amide bonds. The van der Waals surface area contributed by atoms with Crippen LogP contribution in [0.5, 0.6) is 5.19 Å². The topological polar surface area (TPSA) is 26.5 Å². The molecule has 0 unspecified atom stereocenters. The van der Waals surface area contributed by atoms with Crippen LogP contribution in [0.1, 0.15) is 10.6 Å². The maximum absolute atomic E-state index is 6.65. The van der Waals surface area contributed by atoms with E-state index in [2.05, 4.69) is 9.83 Å². The van der Waals surface area contributed by atoms with E-state index in [0.717, 1.165) is 17.0 Å². The first kappa shape index (κ1) is 9.01. The van der Waals surface area contributed by atoms with E-state index in [-0.39, 0.29) is 0 Å². The van der Waals surface area contributed by atoms with Crippen LogP contribution in [0.2, 0.25) is 0 Å². The first-order valence-electron chi connectivity index (χ1n) is 3.61. The average molecular weight is 182 g/mol. The number of rotatable bonds is 3. The van der Waals surface area contributed by atoms with Gasteiger partial charge in [0.25, 0.3) is 5.19 Å². The Bertz CT molecular complexity index is 300. The van der Waals surface area contributed by atoms with Crippen LogP contribution in [-0.2, 0) is 6.42 Å². The molecule has 0 radical (unpaired) electrons. The zero-order chi connectivity index (χ0) is 8.97. The Labute approximate surface area is 75.8 Å². The lowest BCUT2D eigenvalue weighted by Gasteiger charge is -1.87. The van der Waals surface area contributed by atoms with Gasteiger partial charge in [-0.2, -0.15) is 0 Å². The molecule has 64 valence electrons. The summed E-state index contributed by atoms with van der Waals surface area (Å²) in [6.45, 7) is 9.13. The fraction of sp³-hybridized carbons (Fsp3) is 0.500. The minimum absolute atomic E-state index is 0.534. The first-order chi connectivity index (χ1) is 5.77. The summed E-state index contributed by atoms with van der Waals surface area (Å²) in [5, 5.41) is 0.687. The highest BCUT2D eigenvalue weighted by molar-refractivity contribution is 7.13. The SMILES string of the molecule is [C-]#[N+]CCc1sc(OC)nc1C. The Balaban J connectivity index is 2.72. The molecular weight excluding hydrogens is 172 g/mol. The number of thiazole rings is 1. The average Bonchev–Trinajstić information content (AvgIpc) is 2.43. The lowest BCUT2D eigenvalue weighted by Crippen LogP contribution is -1.86. The lowest BCUT2D eigenvalue weighted by molar-refractivity contribution is 0.411. The number of methoxy groups -OCH3 is 1. The van der Waals surface area contributed by atoms with E-state index in [9.17, 15) is 0 Å². The van der Waals surface area contributed by atoms with Gasteiger partial charge >= 0.3 is 0 Å². The van der Waals surface area contributed by atoms with Crippen molar-refractivity contribution in [2.75, 3.05) is 13.7 Å². The molecule has 0 spiro atoms. The minimum atomic E-state index is 0.534. The third-order valence-corrected chi connectivity index (χ3v) is 2.68. The summed E-state index contributed by atoms with van der Waals surface area (Å²) in [6, 6.07) is 0. The fourth-order valence-electron chi connectivity index (χ4n) is 0.878. The Kier molecular flexibility index (Phi) is 3.06. The van der Waals surface area contributed by atoms with Gasteiger partial charge in [-0.3, -0.25) is 0 Å². The molecule has 1 heterocycles. The summed E-state index contributed by atoms with van der Waals surface area (Å²) < 4.78 is 4.99. The van der Waals surface area contributed by atoms with Gasteiger partial charge in [0.1, 0.15) is 0 Å². The number of hydrogen-bond donors (Lipinski definition) is 0. The van der Waals surface area contributed by atoms with Crippen molar-refractivity contribution in [2.45, 2.75) is 13.3 Å². The van der Waals surface area contributed by atoms with Crippen LogP contribution < -0.4 is 4.74 Å². The van der Waals surface area contributed by atoms with Gasteiger partial charge in [0.2, 0.25) is 6.54 Å². The fourth-order valence-corrected chi connectivity index (χ4v) is 1.74. The van der Waals surface area contributed by atoms with E-state index < -0.39 is 0 Å². The quantitative estimate of drug-likeness (QED) is 0.668. The summed E-state index contributed by atoms with van der Waals surface area (Å²) in [5.41, 5.74) is 0.987. The van der Waals surface area contributed by atoms with Crippen LogP contribution >= 0.6 is 11.3 Å². The third kappa shape index (κ3) is 1.95. The molecule has 0 bridgehead atoms. The van der Waals surface area contributed by atoms with Crippen molar-refractivity contribution < 1.29 is 4.74 Å². The van der Waals surface area contributed by atoms with Gasteiger partial charge in [0.05, 0.1) is 19.2 Å². The van der Waals surface area contributed by atoms with Crippen molar-refractivity contribution in [1.29, 1.82) is 0 Å². The molecule has 0 saturated heterocycles. The van der Waals surface area contributed by atoms with Gasteiger partial charge in [0, 0.05) is 4.88 Å². The molecule has 4 heteroatoms. The van der Waals surface area contributed by atoms with E-state index in [0.29, 0.717) is 11.7 Å². The van der Waals surface area contributed by atoms with Crippen LogP contribution in [0, 0.1) is 13.5 Å². The van der Waals surface area contributed by atoms with E-state index in [4.69, 9.17) is 11.3 Å². The highest BCUT2D eigenvalue weighted by Gasteiger charge is 2.07. The van der Waals surface area contributed by atoms with Crippen LogP contribution in [0.25, 0.3) is 4.85 Å². The Morgan fingerprint density at radius 3 is 2.92 bits per heavy atom. The second-order valence-corrected chi connectivity index (χ2v) is 3.37. The monoisotopic (exact) mass is 182 g/mol. The number of aryl methyl sites for hydroxylation is 1. The second kappa shape index (κ2) is 4.07. The summed E-state index contributed by atoms with van der Waals surface area (Å²) in [5.74, 6) is 0.